The van der Waals surface area contributed by atoms with Gasteiger partial charge < -0.3 is 15.2 Å². The second-order valence-corrected chi connectivity index (χ2v) is 8.12. The van der Waals surface area contributed by atoms with Crippen LogP contribution in [-0.4, -0.2) is 35.2 Å². The van der Waals surface area contributed by atoms with Crippen molar-refractivity contribution in [2.75, 3.05) is 6.61 Å². The molecule has 0 bridgehead atoms. The summed E-state index contributed by atoms with van der Waals surface area (Å²) in [6.45, 7) is 6.13. The highest BCUT2D eigenvalue weighted by Crippen LogP contribution is 2.51. The van der Waals surface area contributed by atoms with E-state index in [9.17, 15) is 14.7 Å². The van der Waals surface area contributed by atoms with Gasteiger partial charge in [-0.05, 0) is 49.3 Å². The normalized spacial score (nSPS) is 26.5. The molecule has 0 radical (unpaired) electrons. The van der Waals surface area contributed by atoms with Crippen LogP contribution >= 0.6 is 0 Å². The summed E-state index contributed by atoms with van der Waals surface area (Å²) in [7, 11) is 0. The average molecular weight is 359 g/mol. The number of fused-ring (bicyclic) bond motifs is 1. The lowest BCUT2D eigenvalue weighted by Crippen LogP contribution is -2.76. The van der Waals surface area contributed by atoms with Crippen LogP contribution in [0.1, 0.15) is 56.7 Å². The Morgan fingerprint density at radius 2 is 1.92 bits per heavy atom. The standard InChI is InChI=1S/C21H29NO4/c1-4-26-17-13-21(19(24)25,20(17,2)3)22-18(23)12-14-9-10-15-7-5-6-8-16(15)11-14/h9-11,17H,4-8,12-13H2,1-3H3,(H,22,23)(H,24,25). The molecule has 26 heavy (non-hydrogen) atoms. The van der Waals surface area contributed by atoms with Crippen LogP contribution in [0.25, 0.3) is 0 Å². The van der Waals surface area contributed by atoms with Crippen molar-refractivity contribution in [2.45, 2.75) is 70.9 Å². The Morgan fingerprint density at radius 3 is 2.54 bits per heavy atom. The fraction of sp³-hybridized carbons (Fsp3) is 0.619. The maximum absolute atomic E-state index is 12.6. The number of hydrogen-bond donors (Lipinski definition) is 2. The lowest BCUT2D eigenvalue weighted by molar-refractivity contribution is -0.194. The number of carbonyl (C=O) groups is 2. The molecule has 142 valence electrons. The maximum Gasteiger partial charge on any atom is 0.330 e. The summed E-state index contributed by atoms with van der Waals surface area (Å²) in [5.74, 6) is -1.23. The van der Waals surface area contributed by atoms with E-state index in [0.717, 1.165) is 18.4 Å². The molecule has 1 saturated carbocycles. The van der Waals surface area contributed by atoms with E-state index in [0.29, 0.717) is 13.0 Å². The van der Waals surface area contributed by atoms with Crippen molar-refractivity contribution in [2.24, 2.45) is 5.41 Å². The Balaban J connectivity index is 1.71. The summed E-state index contributed by atoms with van der Waals surface area (Å²) >= 11 is 0. The number of hydrogen-bond acceptors (Lipinski definition) is 3. The van der Waals surface area contributed by atoms with E-state index in [-0.39, 0.29) is 18.4 Å². The molecule has 2 atom stereocenters. The van der Waals surface area contributed by atoms with Crippen LogP contribution in [0.2, 0.25) is 0 Å². The van der Waals surface area contributed by atoms with Gasteiger partial charge in [0.05, 0.1) is 12.5 Å². The highest BCUT2D eigenvalue weighted by molar-refractivity contribution is 5.90. The number of ether oxygens (including phenoxy) is 1. The summed E-state index contributed by atoms with van der Waals surface area (Å²) < 4.78 is 5.65. The number of carboxylic acids is 1. The number of carboxylic acid groups (broad SMARTS) is 1. The summed E-state index contributed by atoms with van der Waals surface area (Å²) in [6, 6.07) is 6.21. The second kappa shape index (κ2) is 7.03. The molecule has 0 aromatic heterocycles. The Kier molecular flexibility index (Phi) is 5.11. The first-order valence-corrected chi connectivity index (χ1v) is 9.57. The van der Waals surface area contributed by atoms with Gasteiger partial charge in [-0.15, -0.1) is 0 Å². The van der Waals surface area contributed by atoms with Gasteiger partial charge in [-0.1, -0.05) is 32.0 Å². The van der Waals surface area contributed by atoms with Crippen molar-refractivity contribution in [3.05, 3.63) is 34.9 Å². The summed E-state index contributed by atoms with van der Waals surface area (Å²) in [6.07, 6.45) is 4.94. The van der Waals surface area contributed by atoms with Gasteiger partial charge in [-0.2, -0.15) is 0 Å². The van der Waals surface area contributed by atoms with Gasteiger partial charge in [0.15, 0.2) is 0 Å². The summed E-state index contributed by atoms with van der Waals surface area (Å²) in [5.41, 5.74) is 1.73. The topological polar surface area (TPSA) is 75.6 Å². The molecule has 1 aromatic carbocycles. The fourth-order valence-electron chi connectivity index (χ4n) is 4.40. The van der Waals surface area contributed by atoms with Crippen LogP contribution in [0.15, 0.2) is 18.2 Å². The molecule has 2 N–H and O–H groups in total. The van der Waals surface area contributed by atoms with E-state index < -0.39 is 16.9 Å². The van der Waals surface area contributed by atoms with Crippen LogP contribution in [0.4, 0.5) is 0 Å². The van der Waals surface area contributed by atoms with Crippen LogP contribution in [0.3, 0.4) is 0 Å². The molecule has 2 unspecified atom stereocenters. The van der Waals surface area contributed by atoms with Gasteiger partial charge in [0, 0.05) is 18.4 Å². The second-order valence-electron chi connectivity index (χ2n) is 8.12. The van der Waals surface area contributed by atoms with Crippen LogP contribution in [-0.2, 0) is 33.6 Å². The Hall–Kier alpha value is -1.88. The molecule has 3 rings (SSSR count). The summed E-state index contributed by atoms with van der Waals surface area (Å²) in [4.78, 5) is 24.6. The lowest BCUT2D eigenvalue weighted by Gasteiger charge is -2.58. The monoisotopic (exact) mass is 359 g/mol. The summed E-state index contributed by atoms with van der Waals surface area (Å²) in [5, 5.41) is 12.6. The first-order valence-electron chi connectivity index (χ1n) is 9.57. The Morgan fingerprint density at radius 1 is 1.23 bits per heavy atom. The molecule has 0 spiro atoms. The van der Waals surface area contributed by atoms with E-state index in [1.165, 1.54) is 24.0 Å². The molecule has 0 saturated heterocycles. The molecule has 0 aliphatic heterocycles. The van der Waals surface area contributed by atoms with Gasteiger partial charge in [0.25, 0.3) is 0 Å². The smallest absolute Gasteiger partial charge is 0.330 e. The maximum atomic E-state index is 12.6. The van der Waals surface area contributed by atoms with E-state index in [1.807, 2.05) is 26.8 Å². The molecule has 0 heterocycles. The minimum Gasteiger partial charge on any atom is -0.479 e. The molecular formula is C21H29NO4. The number of benzene rings is 1. The SMILES string of the molecule is CCOC1CC(NC(=O)Cc2ccc3c(c2)CCCC3)(C(=O)O)C1(C)C. The Bertz CT molecular complexity index is 712. The van der Waals surface area contributed by atoms with Crippen molar-refractivity contribution in [1.29, 1.82) is 0 Å². The van der Waals surface area contributed by atoms with Crippen molar-refractivity contribution in [3.63, 3.8) is 0 Å². The highest BCUT2D eigenvalue weighted by atomic mass is 16.5. The molecule has 1 aromatic rings. The number of aryl methyl sites for hydroxylation is 2. The molecule has 5 nitrogen and oxygen atoms in total. The number of aliphatic carboxylic acids is 1. The van der Waals surface area contributed by atoms with Crippen LogP contribution in [0.5, 0.6) is 0 Å². The first kappa shape index (κ1) is 18.9. The van der Waals surface area contributed by atoms with Crippen LogP contribution in [0, 0.1) is 5.41 Å². The third kappa shape index (κ3) is 3.13. The van der Waals surface area contributed by atoms with Crippen molar-refractivity contribution in [1.82, 2.24) is 5.32 Å². The Labute approximate surface area is 155 Å². The van der Waals surface area contributed by atoms with Gasteiger partial charge in [0.1, 0.15) is 5.54 Å². The van der Waals surface area contributed by atoms with Crippen LogP contribution < -0.4 is 5.32 Å². The van der Waals surface area contributed by atoms with Crippen molar-refractivity contribution >= 4 is 11.9 Å². The first-order chi connectivity index (χ1) is 12.3. The predicted octanol–water partition coefficient (Wildman–Crippen LogP) is 2.88. The number of nitrogens with one attached hydrogen (secondary N) is 1. The minimum atomic E-state index is -1.27. The molecular weight excluding hydrogens is 330 g/mol. The van der Waals surface area contributed by atoms with Gasteiger partial charge in [-0.3, -0.25) is 4.79 Å². The third-order valence-electron chi connectivity index (χ3n) is 6.26. The van der Waals surface area contributed by atoms with Crippen molar-refractivity contribution < 1.29 is 19.4 Å². The van der Waals surface area contributed by atoms with Gasteiger partial charge in [-0.25, -0.2) is 4.79 Å². The van der Waals surface area contributed by atoms with Gasteiger partial charge >= 0.3 is 5.97 Å². The minimum absolute atomic E-state index is 0.160. The highest BCUT2D eigenvalue weighted by Gasteiger charge is 2.66. The molecule has 2 aliphatic carbocycles. The zero-order chi connectivity index (χ0) is 18.9. The zero-order valence-corrected chi connectivity index (χ0v) is 15.9. The lowest BCUT2D eigenvalue weighted by atomic mass is 9.54. The quantitative estimate of drug-likeness (QED) is 0.819. The third-order valence-corrected chi connectivity index (χ3v) is 6.26. The van der Waals surface area contributed by atoms with E-state index in [4.69, 9.17) is 4.74 Å². The van der Waals surface area contributed by atoms with Gasteiger partial charge in [0.2, 0.25) is 5.91 Å². The van der Waals surface area contributed by atoms with E-state index >= 15 is 0 Å². The van der Waals surface area contributed by atoms with Crippen molar-refractivity contribution in [3.8, 4) is 0 Å². The number of carbonyl (C=O) groups excluding carboxylic acids is 1. The molecule has 1 amide bonds. The molecule has 1 fully saturated rings. The van der Waals surface area contributed by atoms with E-state index in [1.54, 1.807) is 0 Å². The van der Waals surface area contributed by atoms with E-state index in [2.05, 4.69) is 17.4 Å². The largest absolute Gasteiger partial charge is 0.479 e. The molecule has 5 heteroatoms. The average Bonchev–Trinajstić information content (AvgIpc) is 2.60. The molecule has 2 aliphatic rings. The number of rotatable bonds is 6. The number of amides is 1. The predicted molar refractivity (Wildman–Crippen MR) is 99.1 cm³/mol. The zero-order valence-electron chi connectivity index (χ0n) is 15.9. The fourth-order valence-corrected chi connectivity index (χ4v) is 4.40.